The van der Waals surface area contributed by atoms with Gasteiger partial charge < -0.3 is 10.4 Å². The number of rotatable bonds is 2. The Bertz CT molecular complexity index is 176. The molecule has 2 nitrogen and oxygen atoms in total. The van der Waals surface area contributed by atoms with Crippen LogP contribution in [0.15, 0.2) is 0 Å². The highest BCUT2D eigenvalue weighted by atomic mass is 19.4. The minimum Gasteiger partial charge on any atom is -0.388 e. The molecule has 0 aromatic carbocycles. The monoisotopic (exact) mass is 201 g/mol. The summed E-state index contributed by atoms with van der Waals surface area (Å²) in [7, 11) is 0. The van der Waals surface area contributed by atoms with Crippen molar-refractivity contribution < 1.29 is 22.7 Å². The molecule has 0 saturated carbocycles. The van der Waals surface area contributed by atoms with E-state index in [-0.39, 0.29) is 13.0 Å². The zero-order valence-electron chi connectivity index (χ0n) is 6.86. The summed E-state index contributed by atoms with van der Waals surface area (Å²) in [5.74, 6) is 0. The molecular weight excluding hydrogens is 190 g/mol. The van der Waals surface area contributed by atoms with Crippen molar-refractivity contribution >= 4 is 0 Å². The van der Waals surface area contributed by atoms with Crippen molar-refractivity contribution in [1.82, 2.24) is 5.32 Å². The Morgan fingerprint density at radius 1 is 1.46 bits per heavy atom. The van der Waals surface area contributed by atoms with Gasteiger partial charge in [0.05, 0.1) is 5.60 Å². The van der Waals surface area contributed by atoms with E-state index in [2.05, 4.69) is 5.32 Å². The van der Waals surface area contributed by atoms with Crippen LogP contribution in [0.2, 0.25) is 0 Å². The fraction of sp³-hybridized carbons (Fsp3) is 1.00. The molecule has 0 bridgehead atoms. The second-order valence-electron chi connectivity index (χ2n) is 3.36. The van der Waals surface area contributed by atoms with Gasteiger partial charge in [0, 0.05) is 13.0 Å². The topological polar surface area (TPSA) is 32.3 Å². The van der Waals surface area contributed by atoms with Crippen LogP contribution in [0, 0.1) is 0 Å². The predicted molar refractivity (Wildman–Crippen MR) is 38.0 cm³/mol. The fourth-order valence-electron chi connectivity index (χ4n) is 1.35. The first-order valence-corrected chi connectivity index (χ1v) is 3.97. The van der Waals surface area contributed by atoms with Crippen molar-refractivity contribution in [1.29, 1.82) is 0 Å². The van der Waals surface area contributed by atoms with Gasteiger partial charge in [-0.05, 0) is 13.0 Å². The lowest BCUT2D eigenvalue weighted by Crippen LogP contribution is -2.39. The van der Waals surface area contributed by atoms with E-state index in [4.69, 9.17) is 0 Å². The highest BCUT2D eigenvalue weighted by Crippen LogP contribution is 2.31. The summed E-state index contributed by atoms with van der Waals surface area (Å²) >= 11 is 0. The summed E-state index contributed by atoms with van der Waals surface area (Å²) in [6.07, 6.45) is -8.50. The highest BCUT2D eigenvalue weighted by Gasteiger charge is 2.46. The molecular formula is C7H11F4NO. The van der Waals surface area contributed by atoms with Gasteiger partial charge in [-0.25, -0.2) is 4.39 Å². The summed E-state index contributed by atoms with van der Waals surface area (Å²) in [6.45, 7) is 0.463. The van der Waals surface area contributed by atoms with Crippen LogP contribution in [-0.2, 0) is 0 Å². The SMILES string of the molecule is OC1(CC(F)C(F)(F)F)CCNC1. The normalized spacial score (nSPS) is 32.1. The fourth-order valence-corrected chi connectivity index (χ4v) is 1.35. The molecule has 0 amide bonds. The van der Waals surface area contributed by atoms with Crippen molar-refractivity contribution in [2.45, 2.75) is 30.8 Å². The lowest BCUT2D eigenvalue weighted by atomic mass is 9.96. The third-order valence-electron chi connectivity index (χ3n) is 2.14. The highest BCUT2D eigenvalue weighted by molar-refractivity contribution is 4.91. The molecule has 0 spiro atoms. The Kier molecular flexibility index (Phi) is 2.82. The van der Waals surface area contributed by atoms with E-state index in [1.165, 1.54) is 0 Å². The Hall–Kier alpha value is -0.360. The molecule has 0 aliphatic carbocycles. The second kappa shape index (κ2) is 3.42. The van der Waals surface area contributed by atoms with Gasteiger partial charge in [0.1, 0.15) is 0 Å². The summed E-state index contributed by atoms with van der Waals surface area (Å²) in [4.78, 5) is 0. The predicted octanol–water partition coefficient (Wildman–Crippen LogP) is 1.00. The maximum atomic E-state index is 12.5. The van der Waals surface area contributed by atoms with Gasteiger partial charge in [-0.1, -0.05) is 0 Å². The number of halogens is 4. The van der Waals surface area contributed by atoms with Crippen LogP contribution in [0.1, 0.15) is 12.8 Å². The van der Waals surface area contributed by atoms with Gasteiger partial charge >= 0.3 is 6.18 Å². The van der Waals surface area contributed by atoms with E-state index >= 15 is 0 Å². The third kappa shape index (κ3) is 2.80. The Labute approximate surface area is 72.9 Å². The van der Waals surface area contributed by atoms with Gasteiger partial charge in [-0.15, -0.1) is 0 Å². The van der Waals surface area contributed by atoms with E-state index < -0.39 is 24.4 Å². The average molecular weight is 201 g/mol. The van der Waals surface area contributed by atoms with Gasteiger partial charge in [0.15, 0.2) is 6.17 Å². The van der Waals surface area contributed by atoms with Crippen LogP contribution in [0.4, 0.5) is 17.6 Å². The van der Waals surface area contributed by atoms with Gasteiger partial charge in [-0.3, -0.25) is 0 Å². The van der Waals surface area contributed by atoms with E-state index in [0.717, 1.165) is 0 Å². The molecule has 2 unspecified atom stereocenters. The molecule has 2 N–H and O–H groups in total. The van der Waals surface area contributed by atoms with E-state index in [0.29, 0.717) is 6.54 Å². The van der Waals surface area contributed by atoms with E-state index in [9.17, 15) is 22.7 Å². The van der Waals surface area contributed by atoms with Gasteiger partial charge in [0.25, 0.3) is 0 Å². The quantitative estimate of drug-likeness (QED) is 0.653. The molecule has 1 aliphatic rings. The van der Waals surface area contributed by atoms with Crippen molar-refractivity contribution in [2.24, 2.45) is 0 Å². The number of nitrogens with one attached hydrogen (secondary N) is 1. The molecule has 1 rings (SSSR count). The molecule has 1 saturated heterocycles. The summed E-state index contributed by atoms with van der Waals surface area (Å²) in [5, 5.41) is 12.1. The minimum atomic E-state index is -4.86. The molecule has 6 heteroatoms. The van der Waals surface area contributed by atoms with Crippen LogP contribution in [-0.4, -0.2) is 36.1 Å². The van der Waals surface area contributed by atoms with Crippen LogP contribution >= 0.6 is 0 Å². The largest absolute Gasteiger partial charge is 0.419 e. The number of alkyl halides is 4. The Balaban J connectivity index is 2.48. The number of aliphatic hydroxyl groups is 1. The van der Waals surface area contributed by atoms with Gasteiger partial charge in [0.2, 0.25) is 0 Å². The van der Waals surface area contributed by atoms with Crippen LogP contribution in [0.5, 0.6) is 0 Å². The minimum absolute atomic E-state index is 0.0312. The lowest BCUT2D eigenvalue weighted by Gasteiger charge is -2.24. The molecule has 2 atom stereocenters. The van der Waals surface area contributed by atoms with Crippen molar-refractivity contribution in [3.63, 3.8) is 0 Å². The molecule has 0 aromatic heterocycles. The van der Waals surface area contributed by atoms with E-state index in [1.807, 2.05) is 0 Å². The second-order valence-corrected chi connectivity index (χ2v) is 3.36. The maximum absolute atomic E-state index is 12.5. The summed E-state index contributed by atoms with van der Waals surface area (Å²) in [6, 6.07) is 0. The molecule has 78 valence electrons. The summed E-state index contributed by atoms with van der Waals surface area (Å²) in [5.41, 5.74) is -1.53. The maximum Gasteiger partial charge on any atom is 0.419 e. The zero-order valence-corrected chi connectivity index (χ0v) is 6.86. The standard InChI is InChI=1S/C7H11F4NO/c8-5(7(9,10)11)3-6(13)1-2-12-4-6/h5,12-13H,1-4H2. The molecule has 1 fully saturated rings. The first-order chi connectivity index (χ1) is 5.83. The van der Waals surface area contributed by atoms with Crippen molar-refractivity contribution in [2.75, 3.05) is 13.1 Å². The number of β-amino-alcohol motifs (C(OH)–C–C–N with tert-alkyl or cyclic N) is 1. The third-order valence-corrected chi connectivity index (χ3v) is 2.14. The summed E-state index contributed by atoms with van der Waals surface area (Å²) < 4.78 is 47.8. The number of hydrogen-bond donors (Lipinski definition) is 2. The first-order valence-electron chi connectivity index (χ1n) is 3.97. The lowest BCUT2D eigenvalue weighted by molar-refractivity contribution is -0.193. The van der Waals surface area contributed by atoms with Crippen LogP contribution in [0.25, 0.3) is 0 Å². The molecule has 1 heterocycles. The molecule has 13 heavy (non-hydrogen) atoms. The molecule has 1 aliphatic heterocycles. The zero-order chi connectivity index (χ0) is 10.1. The van der Waals surface area contributed by atoms with Crippen molar-refractivity contribution in [3.05, 3.63) is 0 Å². The molecule has 0 radical (unpaired) electrons. The van der Waals surface area contributed by atoms with E-state index in [1.54, 1.807) is 0 Å². The van der Waals surface area contributed by atoms with Crippen LogP contribution in [0.3, 0.4) is 0 Å². The smallest absolute Gasteiger partial charge is 0.388 e. The average Bonchev–Trinajstić information content (AvgIpc) is 2.33. The molecule has 0 aromatic rings. The first kappa shape index (κ1) is 10.7. The van der Waals surface area contributed by atoms with Gasteiger partial charge in [-0.2, -0.15) is 13.2 Å². The number of hydrogen-bond acceptors (Lipinski definition) is 2. The Morgan fingerprint density at radius 3 is 2.46 bits per heavy atom. The Morgan fingerprint density at radius 2 is 2.08 bits per heavy atom. The van der Waals surface area contributed by atoms with Crippen LogP contribution < -0.4 is 5.32 Å². The van der Waals surface area contributed by atoms with Crippen molar-refractivity contribution in [3.8, 4) is 0 Å².